The fourth-order valence-electron chi connectivity index (χ4n) is 2.36. The Morgan fingerprint density at radius 3 is 2.73 bits per heavy atom. The largest absolute Gasteiger partial charge is 0.467 e. The van der Waals surface area contributed by atoms with Gasteiger partial charge >= 0.3 is 0 Å². The van der Waals surface area contributed by atoms with Gasteiger partial charge in [-0.25, -0.2) is 0 Å². The number of hydrogen-bond acceptors (Lipinski definition) is 4. The van der Waals surface area contributed by atoms with E-state index in [1.165, 1.54) is 0 Å². The lowest BCUT2D eigenvalue weighted by molar-refractivity contribution is 0.0936. The Morgan fingerprint density at radius 2 is 2.05 bits per heavy atom. The number of carbonyl (C=O) groups excluding carboxylic acids is 1. The molecule has 3 N–H and O–H groups in total. The molecule has 0 bridgehead atoms. The predicted octanol–water partition coefficient (Wildman–Crippen LogP) is 2.39. The minimum atomic E-state index is -0.123. The number of carbonyl (C=O) groups is 1. The van der Waals surface area contributed by atoms with Crippen molar-refractivity contribution in [1.29, 1.82) is 0 Å². The molecule has 1 aromatic heterocycles. The van der Waals surface area contributed by atoms with E-state index in [1.54, 1.807) is 12.3 Å². The first-order chi connectivity index (χ1) is 10.7. The van der Waals surface area contributed by atoms with Crippen LogP contribution in [0.1, 0.15) is 29.0 Å². The number of anilines is 1. The van der Waals surface area contributed by atoms with Crippen LogP contribution in [0.3, 0.4) is 0 Å². The molecule has 1 saturated carbocycles. The van der Waals surface area contributed by atoms with Gasteiger partial charge in [0.1, 0.15) is 5.76 Å². The highest BCUT2D eigenvalue weighted by molar-refractivity contribution is 5.99. The molecule has 1 heterocycles. The Morgan fingerprint density at radius 1 is 1.23 bits per heavy atom. The van der Waals surface area contributed by atoms with Crippen LogP contribution in [0.15, 0.2) is 47.1 Å². The fraction of sp³-hybridized carbons (Fsp3) is 0.353. The SMILES string of the molecule is O=C(NCC1(CO)CC1)c1ccccc1NCc1ccco1. The molecule has 0 unspecified atom stereocenters. The maximum atomic E-state index is 12.4. The van der Waals surface area contributed by atoms with Crippen molar-refractivity contribution >= 4 is 11.6 Å². The molecule has 0 saturated heterocycles. The van der Waals surface area contributed by atoms with E-state index in [1.807, 2.05) is 30.3 Å². The Balaban J connectivity index is 1.63. The molecule has 1 aromatic carbocycles. The second kappa shape index (κ2) is 6.23. The van der Waals surface area contributed by atoms with Crippen LogP contribution in [-0.4, -0.2) is 24.2 Å². The average molecular weight is 300 g/mol. The number of aliphatic hydroxyl groups excluding tert-OH is 1. The van der Waals surface area contributed by atoms with Gasteiger partial charge < -0.3 is 20.2 Å². The fourth-order valence-corrected chi connectivity index (χ4v) is 2.36. The second-order valence-corrected chi connectivity index (χ2v) is 5.82. The summed E-state index contributed by atoms with van der Waals surface area (Å²) in [5.74, 6) is 0.690. The molecule has 1 aliphatic carbocycles. The summed E-state index contributed by atoms with van der Waals surface area (Å²) in [6.07, 6.45) is 3.57. The Labute approximate surface area is 129 Å². The van der Waals surface area contributed by atoms with Crippen molar-refractivity contribution in [2.24, 2.45) is 5.41 Å². The van der Waals surface area contributed by atoms with Gasteiger partial charge in [0.15, 0.2) is 0 Å². The molecule has 2 aromatic rings. The van der Waals surface area contributed by atoms with Crippen LogP contribution in [0.25, 0.3) is 0 Å². The number of hydrogen-bond donors (Lipinski definition) is 3. The minimum absolute atomic E-state index is 0.0911. The van der Waals surface area contributed by atoms with Crippen LogP contribution >= 0.6 is 0 Å². The number of furan rings is 1. The molecule has 0 aliphatic heterocycles. The van der Waals surface area contributed by atoms with Crippen molar-refractivity contribution in [2.75, 3.05) is 18.5 Å². The standard InChI is InChI=1S/C17H20N2O3/c20-12-17(7-8-17)11-19-16(21)14-5-1-2-6-15(14)18-10-13-4-3-9-22-13/h1-6,9,18,20H,7-8,10-12H2,(H,19,21). The molecular weight excluding hydrogens is 280 g/mol. The van der Waals surface area contributed by atoms with E-state index in [-0.39, 0.29) is 17.9 Å². The van der Waals surface area contributed by atoms with E-state index in [0.29, 0.717) is 18.7 Å². The lowest BCUT2D eigenvalue weighted by Crippen LogP contribution is -2.32. The third-order valence-electron chi connectivity index (χ3n) is 4.12. The summed E-state index contributed by atoms with van der Waals surface area (Å²) < 4.78 is 5.28. The van der Waals surface area contributed by atoms with Gasteiger partial charge in [-0.1, -0.05) is 12.1 Å². The molecule has 1 aliphatic rings. The van der Waals surface area contributed by atoms with Gasteiger partial charge in [0.05, 0.1) is 25.0 Å². The molecule has 116 valence electrons. The number of rotatable bonds is 7. The highest BCUT2D eigenvalue weighted by Crippen LogP contribution is 2.44. The number of amides is 1. The molecule has 1 amide bonds. The van der Waals surface area contributed by atoms with E-state index < -0.39 is 0 Å². The van der Waals surface area contributed by atoms with E-state index in [0.717, 1.165) is 24.3 Å². The summed E-state index contributed by atoms with van der Waals surface area (Å²) in [5, 5.41) is 15.5. The Hall–Kier alpha value is -2.27. The third kappa shape index (κ3) is 3.31. The first-order valence-electron chi connectivity index (χ1n) is 7.47. The van der Waals surface area contributed by atoms with Crippen molar-refractivity contribution in [3.05, 3.63) is 54.0 Å². The van der Waals surface area contributed by atoms with Crippen molar-refractivity contribution in [3.8, 4) is 0 Å². The van der Waals surface area contributed by atoms with Crippen LogP contribution in [0.5, 0.6) is 0 Å². The van der Waals surface area contributed by atoms with Gasteiger partial charge in [-0.2, -0.15) is 0 Å². The summed E-state index contributed by atoms with van der Waals surface area (Å²) in [4.78, 5) is 12.4. The summed E-state index contributed by atoms with van der Waals surface area (Å²) in [7, 11) is 0. The van der Waals surface area contributed by atoms with Crippen LogP contribution in [0, 0.1) is 5.41 Å². The van der Waals surface area contributed by atoms with Gasteiger partial charge in [-0.15, -0.1) is 0 Å². The Kier molecular flexibility index (Phi) is 4.15. The topological polar surface area (TPSA) is 74.5 Å². The smallest absolute Gasteiger partial charge is 0.253 e. The van der Waals surface area contributed by atoms with E-state index in [9.17, 15) is 9.90 Å². The van der Waals surface area contributed by atoms with Crippen molar-refractivity contribution in [1.82, 2.24) is 5.32 Å². The lowest BCUT2D eigenvalue weighted by atomic mass is 10.1. The minimum Gasteiger partial charge on any atom is -0.467 e. The zero-order valence-corrected chi connectivity index (χ0v) is 12.3. The number of aliphatic hydroxyl groups is 1. The van der Waals surface area contributed by atoms with Gasteiger partial charge in [0, 0.05) is 17.6 Å². The lowest BCUT2D eigenvalue weighted by Gasteiger charge is -2.15. The maximum absolute atomic E-state index is 12.4. The van der Waals surface area contributed by atoms with Gasteiger partial charge in [-0.05, 0) is 37.1 Å². The average Bonchev–Trinajstić information content (AvgIpc) is 3.16. The van der Waals surface area contributed by atoms with Crippen LogP contribution in [0.2, 0.25) is 0 Å². The number of nitrogens with one attached hydrogen (secondary N) is 2. The molecule has 0 spiro atoms. The van der Waals surface area contributed by atoms with E-state index in [2.05, 4.69) is 10.6 Å². The quantitative estimate of drug-likeness (QED) is 0.734. The van der Waals surface area contributed by atoms with Gasteiger partial charge in [-0.3, -0.25) is 4.79 Å². The Bertz CT molecular complexity index is 633. The zero-order chi connectivity index (χ0) is 15.4. The molecule has 0 atom stereocenters. The molecule has 3 rings (SSSR count). The monoisotopic (exact) mass is 300 g/mol. The molecular formula is C17H20N2O3. The van der Waals surface area contributed by atoms with Crippen molar-refractivity contribution < 1.29 is 14.3 Å². The molecule has 5 heteroatoms. The number of para-hydroxylation sites is 1. The van der Waals surface area contributed by atoms with E-state index >= 15 is 0 Å². The maximum Gasteiger partial charge on any atom is 0.253 e. The summed E-state index contributed by atoms with van der Waals surface area (Å²) in [6, 6.07) is 11.1. The first-order valence-corrected chi connectivity index (χ1v) is 7.47. The first kappa shape index (κ1) is 14.7. The van der Waals surface area contributed by atoms with Crippen LogP contribution < -0.4 is 10.6 Å². The summed E-state index contributed by atoms with van der Waals surface area (Å²) in [5.41, 5.74) is 1.28. The molecule has 22 heavy (non-hydrogen) atoms. The zero-order valence-electron chi connectivity index (χ0n) is 12.3. The van der Waals surface area contributed by atoms with Gasteiger partial charge in [0.2, 0.25) is 0 Å². The van der Waals surface area contributed by atoms with Gasteiger partial charge in [0.25, 0.3) is 5.91 Å². The van der Waals surface area contributed by atoms with Crippen LogP contribution in [-0.2, 0) is 6.54 Å². The van der Waals surface area contributed by atoms with Crippen molar-refractivity contribution in [3.63, 3.8) is 0 Å². The molecule has 0 radical (unpaired) electrons. The van der Waals surface area contributed by atoms with Crippen molar-refractivity contribution in [2.45, 2.75) is 19.4 Å². The molecule has 5 nitrogen and oxygen atoms in total. The highest BCUT2D eigenvalue weighted by Gasteiger charge is 2.42. The highest BCUT2D eigenvalue weighted by atomic mass is 16.3. The summed E-state index contributed by atoms with van der Waals surface area (Å²) >= 11 is 0. The summed E-state index contributed by atoms with van der Waals surface area (Å²) in [6.45, 7) is 1.18. The normalized spacial score (nSPS) is 15.3. The van der Waals surface area contributed by atoms with E-state index in [4.69, 9.17) is 4.42 Å². The van der Waals surface area contributed by atoms with Crippen LogP contribution in [0.4, 0.5) is 5.69 Å². The molecule has 1 fully saturated rings. The third-order valence-corrected chi connectivity index (χ3v) is 4.12. The predicted molar refractivity (Wildman–Crippen MR) is 83.6 cm³/mol. The second-order valence-electron chi connectivity index (χ2n) is 5.82. The number of benzene rings is 1.